The van der Waals surface area contributed by atoms with E-state index in [0.717, 1.165) is 0 Å². The SMILES string of the molecule is [3H]N(c1ccc(-c2nc3ccc(O)cc3o2)cn1)C([3H])([3H])[3H]. The van der Waals surface area contributed by atoms with Crippen LogP contribution in [0.25, 0.3) is 22.6 Å². The number of hydrogen-bond acceptors (Lipinski definition) is 5. The van der Waals surface area contributed by atoms with E-state index < -0.39 is 6.98 Å². The van der Waals surface area contributed by atoms with Crippen LogP contribution in [-0.2, 0) is 0 Å². The summed E-state index contributed by atoms with van der Waals surface area (Å²) in [4.78, 5) is 8.20. The molecule has 3 aromatic rings. The van der Waals surface area contributed by atoms with Crippen LogP contribution in [0.5, 0.6) is 5.75 Å². The van der Waals surface area contributed by atoms with E-state index in [1.165, 1.54) is 24.4 Å². The molecule has 0 bridgehead atoms. The van der Waals surface area contributed by atoms with Crippen LogP contribution in [0.3, 0.4) is 0 Å². The molecule has 0 aliphatic carbocycles. The van der Waals surface area contributed by atoms with Gasteiger partial charge in [0.2, 0.25) is 5.89 Å². The highest BCUT2D eigenvalue weighted by Gasteiger charge is 2.08. The fraction of sp³-hybridized carbons (Fsp3) is 0.0769. The number of anilines is 1. The van der Waals surface area contributed by atoms with E-state index in [-0.39, 0.29) is 11.6 Å². The Morgan fingerprint density at radius 2 is 2.33 bits per heavy atom. The molecule has 0 spiro atoms. The van der Waals surface area contributed by atoms with Crippen molar-refractivity contribution < 1.29 is 15.0 Å². The molecule has 90 valence electrons. The topological polar surface area (TPSA) is 71.2 Å². The first-order chi connectivity index (χ1) is 10.3. The van der Waals surface area contributed by atoms with Gasteiger partial charge < -0.3 is 14.8 Å². The van der Waals surface area contributed by atoms with Crippen molar-refractivity contribution in [3.05, 3.63) is 36.5 Å². The molecule has 0 saturated heterocycles. The van der Waals surface area contributed by atoms with Crippen LogP contribution in [0.1, 0.15) is 4.11 Å². The average Bonchev–Trinajstić information content (AvgIpc) is 2.88. The van der Waals surface area contributed by atoms with Gasteiger partial charge in [0, 0.05) is 23.4 Å². The van der Waals surface area contributed by atoms with Crippen molar-refractivity contribution in [2.75, 3.05) is 12.3 Å². The fourth-order valence-corrected chi connectivity index (χ4v) is 1.62. The lowest BCUT2D eigenvalue weighted by Crippen LogP contribution is -1.91. The van der Waals surface area contributed by atoms with Gasteiger partial charge in [-0.25, -0.2) is 9.97 Å². The van der Waals surface area contributed by atoms with Crippen molar-refractivity contribution in [1.82, 2.24) is 9.97 Å². The number of phenols is 1. The molecular formula is C13H11N3O2. The molecule has 0 radical (unpaired) electrons. The normalized spacial score (nSPS) is 14.7. The predicted molar refractivity (Wildman–Crippen MR) is 68.5 cm³/mol. The van der Waals surface area contributed by atoms with E-state index in [4.69, 9.17) is 9.94 Å². The second kappa shape index (κ2) is 4.03. The van der Waals surface area contributed by atoms with Gasteiger partial charge in [0.05, 0.1) is 5.56 Å². The largest absolute Gasteiger partial charge is 0.508 e. The van der Waals surface area contributed by atoms with E-state index in [1.807, 2.05) is 0 Å². The molecule has 0 unspecified atom stereocenters. The number of hydrogen-bond donors (Lipinski definition) is 2. The standard InChI is InChI=1S/C13H11N3O2/c1-14-12-5-2-8(7-15-12)13-16-10-4-3-9(17)6-11(10)18-13/h2-7,17H,1H3,(H,14,15)/i1T3/hT. The zero-order chi connectivity index (χ0) is 15.9. The maximum Gasteiger partial charge on any atom is 0.228 e. The molecule has 18 heavy (non-hydrogen) atoms. The zero-order valence-electron chi connectivity index (χ0n) is 13.2. The molecule has 0 aliphatic heterocycles. The molecule has 5 heteroatoms. The Morgan fingerprint density at radius 1 is 1.39 bits per heavy atom. The summed E-state index contributed by atoms with van der Waals surface area (Å²) in [7, 11) is 0. The molecule has 0 saturated carbocycles. The number of aromatic hydroxyl groups is 1. The maximum absolute atomic E-state index is 9.40. The third-order valence-corrected chi connectivity index (χ3v) is 2.48. The predicted octanol–water partition coefficient (Wildman–Crippen LogP) is 2.64. The lowest BCUT2D eigenvalue weighted by molar-refractivity contribution is 0.474. The molecule has 2 N–H and O–H groups in total. The Labute approximate surface area is 109 Å². The molecule has 5 nitrogen and oxygen atoms in total. The summed E-state index contributed by atoms with van der Waals surface area (Å²) in [5, 5.41) is 9.77. The summed E-state index contributed by atoms with van der Waals surface area (Å²) in [6.07, 6.45) is 1.38. The number of rotatable bonds is 2. The third-order valence-electron chi connectivity index (χ3n) is 2.48. The fourth-order valence-electron chi connectivity index (χ4n) is 1.62. The minimum absolute atomic E-state index is 0.00231. The molecule has 0 fully saturated rings. The van der Waals surface area contributed by atoms with E-state index in [0.29, 0.717) is 27.9 Å². The monoisotopic (exact) mass is 249 g/mol. The van der Waals surface area contributed by atoms with Gasteiger partial charge in [-0.2, -0.15) is 0 Å². The number of nitrogens with zero attached hydrogens (tertiary/aromatic N) is 2. The van der Waals surface area contributed by atoms with Crippen molar-refractivity contribution in [3.63, 3.8) is 0 Å². The number of phenolic OH excluding ortho intramolecular Hbond substituents is 1. The van der Waals surface area contributed by atoms with Gasteiger partial charge in [-0.15, -0.1) is 0 Å². The molecule has 2 heterocycles. The van der Waals surface area contributed by atoms with Crippen LogP contribution < -0.4 is 5.31 Å². The van der Waals surface area contributed by atoms with Gasteiger partial charge in [0.1, 0.15) is 17.1 Å². The lowest BCUT2D eigenvalue weighted by atomic mass is 10.3. The minimum Gasteiger partial charge on any atom is -0.508 e. The highest BCUT2D eigenvalue weighted by molar-refractivity contribution is 5.77. The van der Waals surface area contributed by atoms with Crippen LogP contribution in [0.2, 0.25) is 1.41 Å². The number of aromatic nitrogens is 2. The van der Waals surface area contributed by atoms with Crippen molar-refractivity contribution in [1.29, 1.82) is 0 Å². The highest BCUT2D eigenvalue weighted by atomic mass is 16.3. The van der Waals surface area contributed by atoms with Crippen molar-refractivity contribution in [3.8, 4) is 17.2 Å². The van der Waals surface area contributed by atoms with Crippen LogP contribution >= 0.6 is 0 Å². The smallest absolute Gasteiger partial charge is 0.228 e. The summed E-state index contributed by atoms with van der Waals surface area (Å²) in [5.74, 6) is 0.369. The van der Waals surface area contributed by atoms with Crippen LogP contribution in [0.4, 0.5) is 5.82 Å². The first-order valence-corrected chi connectivity index (χ1v) is 5.20. The summed E-state index contributed by atoms with van der Waals surface area (Å²) in [6, 6.07) is 7.55. The van der Waals surface area contributed by atoms with Crippen LogP contribution in [0, 0.1) is 0 Å². The van der Waals surface area contributed by atoms with E-state index in [1.54, 1.807) is 12.1 Å². The maximum atomic E-state index is 9.40. The number of benzene rings is 1. The Hall–Kier alpha value is -2.56. The van der Waals surface area contributed by atoms with Crippen molar-refractivity contribution >= 4 is 16.9 Å². The van der Waals surface area contributed by atoms with Gasteiger partial charge >= 0.3 is 0 Å². The zero-order valence-corrected chi connectivity index (χ0v) is 9.16. The summed E-state index contributed by atoms with van der Waals surface area (Å²) in [6.45, 7) is -2.58. The molecule has 3 rings (SSSR count). The van der Waals surface area contributed by atoms with Gasteiger partial charge in [0.15, 0.2) is 6.99 Å². The van der Waals surface area contributed by atoms with Gasteiger partial charge in [-0.05, 0) is 24.3 Å². The lowest BCUT2D eigenvalue weighted by Gasteiger charge is -1.98. The van der Waals surface area contributed by atoms with Crippen LogP contribution in [-0.4, -0.2) is 22.1 Å². The number of oxazole rings is 1. The second-order valence-corrected chi connectivity index (χ2v) is 3.69. The number of pyridine rings is 1. The quantitative estimate of drug-likeness (QED) is 0.730. The van der Waals surface area contributed by atoms with Crippen molar-refractivity contribution in [2.24, 2.45) is 0 Å². The third kappa shape index (κ3) is 1.75. The van der Waals surface area contributed by atoms with E-state index >= 15 is 0 Å². The van der Waals surface area contributed by atoms with Gasteiger partial charge in [-0.3, -0.25) is 0 Å². The summed E-state index contributed by atoms with van der Waals surface area (Å²) >= 11 is 0. The first kappa shape index (κ1) is 7.00. The van der Waals surface area contributed by atoms with Gasteiger partial charge in [0.25, 0.3) is 0 Å². The minimum atomic E-state index is -2.58. The van der Waals surface area contributed by atoms with Crippen LogP contribution in [0.15, 0.2) is 40.9 Å². The number of nitrogens with one attached hydrogen (secondary N) is 1. The Kier molecular flexibility index (Phi) is 1.57. The second-order valence-electron chi connectivity index (χ2n) is 3.69. The first-order valence-electron chi connectivity index (χ1n) is 7.14. The van der Waals surface area contributed by atoms with Crippen molar-refractivity contribution in [2.45, 2.75) is 0 Å². The molecule has 2 aromatic heterocycles. The Bertz CT molecular complexity index is 814. The molecule has 0 atom stereocenters. The Morgan fingerprint density at radius 3 is 3.11 bits per heavy atom. The molecule has 0 amide bonds. The summed E-state index contributed by atoms with van der Waals surface area (Å²) in [5.41, 5.74) is 1.56. The molecular weight excluding hydrogens is 230 g/mol. The molecule has 1 aromatic carbocycles. The average molecular weight is 249 g/mol. The summed E-state index contributed by atoms with van der Waals surface area (Å²) < 4.78 is 34.5. The Balaban J connectivity index is 1.94. The highest BCUT2D eigenvalue weighted by Crippen LogP contribution is 2.26. The van der Waals surface area contributed by atoms with E-state index in [9.17, 15) is 5.11 Å². The van der Waals surface area contributed by atoms with E-state index in [2.05, 4.69) is 9.97 Å². The van der Waals surface area contributed by atoms with Gasteiger partial charge in [-0.1, -0.05) is 0 Å². The molecule has 0 aliphatic rings. The number of fused-ring (bicyclic) bond motifs is 1.